The molecule has 0 spiro atoms. The summed E-state index contributed by atoms with van der Waals surface area (Å²) in [5, 5.41) is 8.99. The number of rotatable bonds is 4. The molecule has 1 fully saturated rings. The lowest BCUT2D eigenvalue weighted by molar-refractivity contribution is 0.202. The summed E-state index contributed by atoms with van der Waals surface area (Å²) in [6.45, 7) is 2.24. The second kappa shape index (κ2) is 9.09. The zero-order valence-corrected chi connectivity index (χ0v) is 18.9. The van der Waals surface area contributed by atoms with Crippen LogP contribution in [0.4, 0.5) is 0 Å². The van der Waals surface area contributed by atoms with E-state index in [1.165, 1.54) is 24.9 Å². The van der Waals surface area contributed by atoms with Gasteiger partial charge in [0.1, 0.15) is 0 Å². The van der Waals surface area contributed by atoms with E-state index in [4.69, 9.17) is 4.99 Å². The Kier molecular flexibility index (Phi) is 5.86. The third kappa shape index (κ3) is 4.50. The van der Waals surface area contributed by atoms with E-state index in [-0.39, 0.29) is 0 Å². The molecule has 1 aromatic carbocycles. The van der Waals surface area contributed by atoms with E-state index in [1.54, 1.807) is 0 Å². The van der Waals surface area contributed by atoms with Crippen molar-refractivity contribution >= 4 is 11.3 Å². The van der Waals surface area contributed by atoms with E-state index in [2.05, 4.69) is 69.4 Å². The Morgan fingerprint density at radius 3 is 2.69 bits per heavy atom. The molecule has 2 aromatic heterocycles. The van der Waals surface area contributed by atoms with Crippen molar-refractivity contribution in [2.24, 2.45) is 12.0 Å². The first-order chi connectivity index (χ1) is 15.7. The molecule has 0 amide bonds. The number of nitrogens with zero attached hydrogens (tertiary/aromatic N) is 6. The second-order valence-corrected chi connectivity index (χ2v) is 8.85. The van der Waals surface area contributed by atoms with Crippen molar-refractivity contribution < 1.29 is 0 Å². The number of aryl methyl sites for hydroxylation is 1. The Bertz CT molecular complexity index is 1180. The van der Waals surface area contributed by atoms with Gasteiger partial charge in [0.25, 0.3) is 0 Å². The first-order valence-electron chi connectivity index (χ1n) is 11.4. The van der Waals surface area contributed by atoms with Gasteiger partial charge < -0.3 is 4.90 Å². The van der Waals surface area contributed by atoms with Gasteiger partial charge in [0.15, 0.2) is 0 Å². The molecule has 1 saturated heterocycles. The topological polar surface area (TPSA) is 51.2 Å². The molecule has 0 N–H and O–H groups in total. The van der Waals surface area contributed by atoms with Crippen molar-refractivity contribution in [3.05, 3.63) is 78.5 Å². The lowest BCUT2D eigenvalue weighted by atomic mass is 9.99. The quantitative estimate of drug-likeness (QED) is 0.606. The molecule has 4 heterocycles. The molecule has 2 aliphatic heterocycles. The molecule has 6 heteroatoms. The van der Waals surface area contributed by atoms with Crippen LogP contribution in [0.3, 0.4) is 0 Å². The van der Waals surface area contributed by atoms with Gasteiger partial charge in [0, 0.05) is 54.6 Å². The van der Waals surface area contributed by atoms with E-state index >= 15 is 0 Å². The maximum absolute atomic E-state index is 4.92. The molecule has 32 heavy (non-hydrogen) atoms. The number of benzene rings is 1. The van der Waals surface area contributed by atoms with Gasteiger partial charge >= 0.3 is 0 Å². The van der Waals surface area contributed by atoms with Crippen molar-refractivity contribution in [1.29, 1.82) is 0 Å². The Balaban J connectivity index is 1.40. The summed E-state index contributed by atoms with van der Waals surface area (Å²) in [6, 6.07) is 9.05. The van der Waals surface area contributed by atoms with Gasteiger partial charge in [-0.3, -0.25) is 14.4 Å². The Hall–Kier alpha value is -3.25. The van der Waals surface area contributed by atoms with Crippen molar-refractivity contribution in [2.75, 3.05) is 20.1 Å². The van der Waals surface area contributed by atoms with Crippen LogP contribution in [-0.2, 0) is 7.05 Å². The molecule has 6 nitrogen and oxygen atoms in total. The fraction of sp³-hybridized carbons (Fsp3) is 0.346. The normalized spacial score (nSPS) is 22.5. The minimum Gasteiger partial charge on any atom is -0.304 e. The van der Waals surface area contributed by atoms with Gasteiger partial charge in [-0.25, -0.2) is 0 Å². The zero-order chi connectivity index (χ0) is 21.9. The summed E-state index contributed by atoms with van der Waals surface area (Å²) in [4.78, 5) is 7.31. The van der Waals surface area contributed by atoms with Crippen molar-refractivity contribution in [3.8, 4) is 11.1 Å². The SMILES string of the molecule is CN1CCCC(n2cc(C3=C/N=C(c4cccc(-c5cnn(C)c5)c4)CC/C=C\3)cn2)C1. The number of likely N-dealkylation sites (N-methyl/N-ethyl adjacent to an activating group) is 1. The second-order valence-electron chi connectivity index (χ2n) is 8.85. The Morgan fingerprint density at radius 2 is 1.84 bits per heavy atom. The van der Waals surface area contributed by atoms with Gasteiger partial charge in [-0.2, -0.15) is 10.2 Å². The summed E-state index contributed by atoms with van der Waals surface area (Å²) < 4.78 is 3.97. The molecule has 1 atom stereocenters. The Morgan fingerprint density at radius 1 is 0.969 bits per heavy atom. The summed E-state index contributed by atoms with van der Waals surface area (Å²) in [5.41, 5.74) is 6.80. The average molecular weight is 427 g/mol. The van der Waals surface area contributed by atoms with Crippen molar-refractivity contribution in [1.82, 2.24) is 24.5 Å². The third-order valence-corrected chi connectivity index (χ3v) is 6.35. The maximum Gasteiger partial charge on any atom is 0.0646 e. The van der Waals surface area contributed by atoms with Crippen molar-refractivity contribution in [3.63, 3.8) is 0 Å². The van der Waals surface area contributed by atoms with E-state index < -0.39 is 0 Å². The monoisotopic (exact) mass is 426 g/mol. The van der Waals surface area contributed by atoms with Gasteiger partial charge in [-0.15, -0.1) is 0 Å². The minimum absolute atomic E-state index is 0.454. The number of aromatic nitrogens is 4. The summed E-state index contributed by atoms with van der Waals surface area (Å²) in [7, 11) is 4.13. The highest BCUT2D eigenvalue weighted by atomic mass is 15.3. The summed E-state index contributed by atoms with van der Waals surface area (Å²) in [5.74, 6) is 0. The van der Waals surface area contributed by atoms with Crippen molar-refractivity contribution in [2.45, 2.75) is 31.7 Å². The molecule has 164 valence electrons. The first-order valence-corrected chi connectivity index (χ1v) is 11.4. The van der Waals surface area contributed by atoms with Crippen LogP contribution >= 0.6 is 0 Å². The van der Waals surface area contributed by atoms with E-state index in [0.717, 1.165) is 47.4 Å². The third-order valence-electron chi connectivity index (χ3n) is 6.35. The largest absolute Gasteiger partial charge is 0.304 e. The highest BCUT2D eigenvalue weighted by molar-refractivity contribution is 6.02. The average Bonchev–Trinajstić information content (AvgIpc) is 3.44. The molecular formula is C26H30N6. The highest BCUT2D eigenvalue weighted by Gasteiger charge is 2.20. The number of hydrogen-bond acceptors (Lipinski definition) is 4. The number of piperidine rings is 1. The van der Waals surface area contributed by atoms with Crippen LogP contribution in [-0.4, -0.2) is 50.3 Å². The fourth-order valence-corrected chi connectivity index (χ4v) is 4.57. The number of hydrogen-bond donors (Lipinski definition) is 0. The first kappa shape index (κ1) is 20.6. The summed E-state index contributed by atoms with van der Waals surface area (Å²) >= 11 is 0. The molecule has 3 aromatic rings. The predicted molar refractivity (Wildman–Crippen MR) is 130 cm³/mol. The van der Waals surface area contributed by atoms with Crippen LogP contribution in [0.15, 0.2) is 72.4 Å². The zero-order valence-electron chi connectivity index (χ0n) is 18.9. The predicted octanol–water partition coefficient (Wildman–Crippen LogP) is 4.73. The van der Waals surface area contributed by atoms with Gasteiger partial charge in [-0.1, -0.05) is 30.4 Å². The van der Waals surface area contributed by atoms with E-state index in [9.17, 15) is 0 Å². The molecule has 2 aliphatic rings. The van der Waals surface area contributed by atoms with Crippen LogP contribution in [0.5, 0.6) is 0 Å². The molecule has 5 rings (SSSR count). The molecule has 1 unspecified atom stereocenters. The van der Waals surface area contributed by atoms with Crippen LogP contribution in [0.2, 0.25) is 0 Å². The van der Waals surface area contributed by atoms with Crippen LogP contribution in [0, 0.1) is 0 Å². The van der Waals surface area contributed by atoms with Crippen LogP contribution in [0.1, 0.15) is 42.9 Å². The smallest absolute Gasteiger partial charge is 0.0646 e. The van der Waals surface area contributed by atoms with E-state index in [0.29, 0.717) is 6.04 Å². The van der Waals surface area contributed by atoms with Gasteiger partial charge in [0.2, 0.25) is 0 Å². The minimum atomic E-state index is 0.454. The van der Waals surface area contributed by atoms with E-state index in [1.807, 2.05) is 36.5 Å². The Labute approximate surface area is 189 Å². The fourth-order valence-electron chi connectivity index (χ4n) is 4.57. The molecule has 0 bridgehead atoms. The number of likely N-dealkylation sites (tertiary alicyclic amines) is 1. The molecule has 0 aliphatic carbocycles. The standard InChI is InChI=1S/C26H30N6/c1-30-12-6-10-25(19-30)32-18-24(16-29-32)22-7-3-4-11-26(27-14-22)21-9-5-8-20(13-21)23-15-28-31(2)17-23/h3,5,7-9,13-18,25H,4,6,10-12,19H2,1-2H3/b7-3-,22-14+,27-26?. The van der Waals surface area contributed by atoms with Crippen LogP contribution in [0.25, 0.3) is 16.7 Å². The summed E-state index contributed by atoms with van der Waals surface area (Å²) in [6.07, 6.45) is 18.8. The highest BCUT2D eigenvalue weighted by Crippen LogP contribution is 2.25. The molecule has 0 saturated carbocycles. The number of aliphatic imine (C=N–C) groups is 1. The van der Waals surface area contributed by atoms with Crippen LogP contribution < -0.4 is 0 Å². The lowest BCUT2D eigenvalue weighted by Crippen LogP contribution is -2.33. The molecular weight excluding hydrogens is 396 g/mol. The molecule has 0 radical (unpaired) electrons. The van der Waals surface area contributed by atoms with Gasteiger partial charge in [0.05, 0.1) is 18.4 Å². The lowest BCUT2D eigenvalue weighted by Gasteiger charge is -2.29. The van der Waals surface area contributed by atoms with Gasteiger partial charge in [-0.05, 0) is 56.5 Å². The number of allylic oxidation sites excluding steroid dienone is 3. The maximum atomic E-state index is 4.92.